The van der Waals surface area contributed by atoms with Gasteiger partial charge in [-0.25, -0.2) is 5.43 Å². The highest BCUT2D eigenvalue weighted by Gasteiger charge is 2.11. The maximum absolute atomic E-state index is 12.1. The molecule has 2 N–H and O–H groups in total. The molecule has 25 heavy (non-hydrogen) atoms. The van der Waals surface area contributed by atoms with Gasteiger partial charge in [-0.3, -0.25) is 4.79 Å². The van der Waals surface area contributed by atoms with Crippen LogP contribution < -0.4 is 14.9 Å². The topological polar surface area (TPSA) is 80.2 Å². The van der Waals surface area contributed by atoms with Crippen molar-refractivity contribution in [3.05, 3.63) is 52.0 Å². The van der Waals surface area contributed by atoms with Gasteiger partial charge in [0.05, 0.1) is 25.0 Å². The van der Waals surface area contributed by atoms with E-state index in [4.69, 9.17) is 9.47 Å². The minimum atomic E-state index is -0.515. The molecule has 0 spiro atoms. The molecule has 2 aromatic carbocycles. The molecule has 7 heteroatoms. The third kappa shape index (κ3) is 5.22. The zero-order valence-electron chi connectivity index (χ0n) is 14.0. The van der Waals surface area contributed by atoms with Crippen LogP contribution in [-0.4, -0.2) is 30.4 Å². The number of phenolic OH excluding ortho intramolecular Hbond substituents is 1. The van der Waals surface area contributed by atoms with Crippen molar-refractivity contribution in [3.8, 4) is 17.2 Å². The van der Waals surface area contributed by atoms with Gasteiger partial charge < -0.3 is 14.6 Å². The van der Waals surface area contributed by atoms with E-state index in [-0.39, 0.29) is 11.3 Å². The zero-order chi connectivity index (χ0) is 18.2. The smallest absolute Gasteiger partial charge is 0.275 e. The molecule has 0 heterocycles. The molecular weight excluding hydrogens is 388 g/mol. The third-order valence-electron chi connectivity index (χ3n) is 3.17. The number of amides is 1. The van der Waals surface area contributed by atoms with Crippen LogP contribution in [0.4, 0.5) is 0 Å². The Kier molecular flexibility index (Phi) is 6.82. The Hall–Kier alpha value is -2.54. The van der Waals surface area contributed by atoms with Crippen molar-refractivity contribution in [1.82, 2.24) is 5.43 Å². The van der Waals surface area contributed by atoms with Crippen molar-refractivity contribution in [2.45, 2.75) is 13.8 Å². The molecule has 0 atom stereocenters. The summed E-state index contributed by atoms with van der Waals surface area (Å²) in [6.07, 6.45) is 1.48. The van der Waals surface area contributed by atoms with Gasteiger partial charge in [-0.1, -0.05) is 15.9 Å². The molecule has 1 amide bonds. The van der Waals surface area contributed by atoms with Gasteiger partial charge in [-0.05, 0) is 44.2 Å². The molecule has 0 aliphatic carbocycles. The van der Waals surface area contributed by atoms with E-state index < -0.39 is 5.91 Å². The molecule has 0 saturated heterocycles. The number of carbonyl (C=O) groups excluding carboxylic acids is 1. The largest absolute Gasteiger partial charge is 0.507 e. The highest BCUT2D eigenvalue weighted by atomic mass is 79.9. The lowest BCUT2D eigenvalue weighted by molar-refractivity contribution is 0.0952. The van der Waals surface area contributed by atoms with Crippen LogP contribution in [0, 0.1) is 0 Å². The molecule has 0 aliphatic heterocycles. The second-order valence-electron chi connectivity index (χ2n) is 4.93. The van der Waals surface area contributed by atoms with Crippen LogP contribution >= 0.6 is 15.9 Å². The van der Waals surface area contributed by atoms with Crippen molar-refractivity contribution in [2.75, 3.05) is 13.2 Å². The molecule has 0 aliphatic rings. The monoisotopic (exact) mass is 406 g/mol. The molecule has 0 saturated carbocycles. The van der Waals surface area contributed by atoms with Crippen molar-refractivity contribution in [3.63, 3.8) is 0 Å². The number of hydrogen-bond acceptors (Lipinski definition) is 5. The van der Waals surface area contributed by atoms with Crippen molar-refractivity contribution in [1.29, 1.82) is 0 Å². The summed E-state index contributed by atoms with van der Waals surface area (Å²) in [6, 6.07) is 9.96. The summed E-state index contributed by atoms with van der Waals surface area (Å²) in [5.74, 6) is 0.675. The van der Waals surface area contributed by atoms with Gasteiger partial charge in [-0.2, -0.15) is 5.10 Å². The van der Waals surface area contributed by atoms with E-state index in [1.807, 2.05) is 13.8 Å². The van der Waals surface area contributed by atoms with E-state index in [2.05, 4.69) is 26.5 Å². The van der Waals surface area contributed by atoms with Crippen LogP contribution in [0.5, 0.6) is 17.2 Å². The van der Waals surface area contributed by atoms with Crippen molar-refractivity contribution >= 4 is 28.1 Å². The Labute approximate surface area is 154 Å². The van der Waals surface area contributed by atoms with Crippen molar-refractivity contribution in [2.24, 2.45) is 5.10 Å². The molecule has 2 rings (SSSR count). The number of aromatic hydroxyl groups is 1. The maximum Gasteiger partial charge on any atom is 0.275 e. The van der Waals surface area contributed by atoms with E-state index in [0.717, 1.165) is 0 Å². The maximum atomic E-state index is 12.1. The van der Waals surface area contributed by atoms with Crippen LogP contribution in [0.2, 0.25) is 0 Å². The standard InChI is InChI=1S/C18H19BrN2O4/c1-3-24-14-7-5-12(17(10-14)25-4-2)11-20-21-18(23)15-9-13(19)6-8-16(15)22/h5-11,22H,3-4H2,1-2H3,(H,21,23)/b20-11+. The molecule has 0 unspecified atom stereocenters. The number of halogens is 1. The number of hydrogen-bond donors (Lipinski definition) is 2. The van der Waals surface area contributed by atoms with Crippen LogP contribution in [0.1, 0.15) is 29.8 Å². The van der Waals surface area contributed by atoms with Gasteiger partial charge >= 0.3 is 0 Å². The van der Waals surface area contributed by atoms with Crippen LogP contribution in [0.25, 0.3) is 0 Å². The number of benzene rings is 2. The summed E-state index contributed by atoms with van der Waals surface area (Å²) in [6.45, 7) is 4.84. The van der Waals surface area contributed by atoms with Gasteiger partial charge in [0.1, 0.15) is 17.2 Å². The Morgan fingerprint density at radius 3 is 2.68 bits per heavy atom. The van der Waals surface area contributed by atoms with Gasteiger partial charge in [-0.15, -0.1) is 0 Å². The van der Waals surface area contributed by atoms with E-state index in [1.165, 1.54) is 18.3 Å². The predicted molar refractivity (Wildman–Crippen MR) is 99.6 cm³/mol. The molecule has 0 aromatic heterocycles. The Morgan fingerprint density at radius 1 is 1.20 bits per heavy atom. The van der Waals surface area contributed by atoms with Gasteiger partial charge in [0, 0.05) is 16.1 Å². The number of ether oxygens (including phenoxy) is 2. The molecule has 0 radical (unpaired) electrons. The van der Waals surface area contributed by atoms with E-state index >= 15 is 0 Å². The molecule has 0 bridgehead atoms. The van der Waals surface area contributed by atoms with Crippen LogP contribution in [0.15, 0.2) is 46.0 Å². The number of nitrogens with zero attached hydrogens (tertiary/aromatic N) is 1. The minimum absolute atomic E-state index is 0.119. The second-order valence-corrected chi connectivity index (χ2v) is 5.84. The summed E-state index contributed by atoms with van der Waals surface area (Å²) in [4.78, 5) is 12.1. The highest BCUT2D eigenvalue weighted by molar-refractivity contribution is 9.10. The fraction of sp³-hybridized carbons (Fsp3) is 0.222. The lowest BCUT2D eigenvalue weighted by Gasteiger charge is -2.10. The number of rotatable bonds is 7. The first kappa shape index (κ1) is 18.8. The van der Waals surface area contributed by atoms with Gasteiger partial charge in [0.25, 0.3) is 5.91 Å². The number of hydrazone groups is 1. The van der Waals surface area contributed by atoms with Crippen LogP contribution in [0.3, 0.4) is 0 Å². The number of nitrogens with one attached hydrogen (secondary N) is 1. The summed E-state index contributed by atoms with van der Waals surface area (Å²) in [5.41, 5.74) is 3.21. The lowest BCUT2D eigenvalue weighted by Crippen LogP contribution is -2.17. The fourth-order valence-electron chi connectivity index (χ4n) is 2.07. The third-order valence-corrected chi connectivity index (χ3v) is 3.66. The Bertz CT molecular complexity index is 778. The highest BCUT2D eigenvalue weighted by Crippen LogP contribution is 2.24. The van der Waals surface area contributed by atoms with Crippen LogP contribution in [-0.2, 0) is 0 Å². The normalized spacial score (nSPS) is 10.7. The molecule has 6 nitrogen and oxygen atoms in total. The van der Waals surface area contributed by atoms with E-state index in [1.54, 1.807) is 24.3 Å². The first-order chi connectivity index (χ1) is 12.0. The first-order valence-corrected chi connectivity index (χ1v) is 8.56. The molecular formula is C18H19BrN2O4. The quantitative estimate of drug-likeness (QED) is 0.542. The number of carbonyl (C=O) groups is 1. The summed E-state index contributed by atoms with van der Waals surface area (Å²) >= 11 is 3.26. The summed E-state index contributed by atoms with van der Waals surface area (Å²) < 4.78 is 11.7. The fourth-order valence-corrected chi connectivity index (χ4v) is 2.43. The Balaban J connectivity index is 2.13. The minimum Gasteiger partial charge on any atom is -0.507 e. The lowest BCUT2D eigenvalue weighted by atomic mass is 10.2. The molecule has 2 aromatic rings. The summed E-state index contributed by atoms with van der Waals surface area (Å²) in [7, 11) is 0. The zero-order valence-corrected chi connectivity index (χ0v) is 15.5. The Morgan fingerprint density at radius 2 is 1.96 bits per heavy atom. The van der Waals surface area contributed by atoms with Gasteiger partial charge in [0.2, 0.25) is 0 Å². The van der Waals surface area contributed by atoms with E-state index in [9.17, 15) is 9.90 Å². The first-order valence-electron chi connectivity index (χ1n) is 7.76. The predicted octanol–water partition coefficient (Wildman–Crippen LogP) is 3.72. The summed E-state index contributed by atoms with van der Waals surface area (Å²) in [5, 5.41) is 13.7. The average Bonchev–Trinajstić information content (AvgIpc) is 2.59. The number of phenols is 1. The van der Waals surface area contributed by atoms with Crippen molar-refractivity contribution < 1.29 is 19.4 Å². The average molecular weight is 407 g/mol. The molecule has 0 fully saturated rings. The van der Waals surface area contributed by atoms with Gasteiger partial charge in [0.15, 0.2) is 0 Å². The SMILES string of the molecule is CCOc1ccc(/C=N/NC(=O)c2cc(Br)ccc2O)c(OCC)c1. The second kappa shape index (κ2) is 9.08. The van der Waals surface area contributed by atoms with E-state index in [0.29, 0.717) is 34.7 Å². The molecule has 132 valence electrons.